The van der Waals surface area contributed by atoms with Crippen LogP contribution in [-0.4, -0.2) is 19.0 Å². The zero-order chi connectivity index (χ0) is 6.78. The van der Waals surface area contributed by atoms with Crippen molar-refractivity contribution >= 4 is 0 Å². The first-order valence-electron chi connectivity index (χ1n) is 2.48. The Balaban J connectivity index is 3.71. The van der Waals surface area contributed by atoms with Gasteiger partial charge in [0.25, 0.3) is 6.43 Å². The minimum absolute atomic E-state index is 1.04. The van der Waals surface area contributed by atoms with Crippen LogP contribution in [0, 0.1) is 0 Å². The topological polar surface area (TPSA) is 12.0 Å². The van der Waals surface area contributed by atoms with Crippen molar-refractivity contribution in [2.75, 3.05) is 7.05 Å². The first kappa shape index (κ1) is 7.82. The van der Waals surface area contributed by atoms with Crippen LogP contribution in [0.2, 0.25) is 0 Å². The van der Waals surface area contributed by atoms with E-state index in [1.807, 2.05) is 0 Å². The maximum atomic E-state index is 11.8. The van der Waals surface area contributed by atoms with Crippen LogP contribution in [-0.2, 0) is 0 Å². The lowest BCUT2D eigenvalue weighted by molar-refractivity contribution is 0.0559. The average molecular weight is 123 g/mol. The molecule has 3 heteroatoms. The molecular weight excluding hydrogens is 112 g/mol. The van der Waals surface area contributed by atoms with Gasteiger partial charge in [-0.25, -0.2) is 8.78 Å². The van der Waals surface area contributed by atoms with Crippen molar-refractivity contribution < 1.29 is 8.78 Å². The fraction of sp³-hybridized carbons (Fsp3) is 1.00. The van der Waals surface area contributed by atoms with Crippen molar-refractivity contribution in [2.45, 2.75) is 25.8 Å². The predicted octanol–water partition coefficient (Wildman–Crippen LogP) is 1.25. The summed E-state index contributed by atoms with van der Waals surface area (Å²) >= 11 is 0. The molecule has 1 N–H and O–H groups in total. The molecule has 0 radical (unpaired) electrons. The Bertz CT molecular complexity index is 70.8. The van der Waals surface area contributed by atoms with Gasteiger partial charge in [-0.2, -0.15) is 0 Å². The standard InChI is InChI=1S/C5H11F2N/c1-5(2,8-3)4(6)7/h4,8H,1-3H3. The molecule has 0 heterocycles. The van der Waals surface area contributed by atoms with Gasteiger partial charge in [0.15, 0.2) is 0 Å². The van der Waals surface area contributed by atoms with Crippen molar-refractivity contribution in [3.05, 3.63) is 0 Å². The third kappa shape index (κ3) is 1.74. The third-order valence-electron chi connectivity index (χ3n) is 1.19. The fourth-order valence-electron chi connectivity index (χ4n) is 0.109. The Morgan fingerprint density at radius 3 is 1.75 bits per heavy atom. The predicted molar refractivity (Wildman–Crippen MR) is 29.1 cm³/mol. The number of rotatable bonds is 2. The number of alkyl halides is 2. The van der Waals surface area contributed by atoms with Crippen LogP contribution in [0.3, 0.4) is 0 Å². The van der Waals surface area contributed by atoms with Gasteiger partial charge in [0.1, 0.15) is 0 Å². The minimum Gasteiger partial charge on any atom is -0.310 e. The van der Waals surface area contributed by atoms with Crippen LogP contribution in [0.5, 0.6) is 0 Å². The maximum Gasteiger partial charge on any atom is 0.255 e. The molecule has 0 aliphatic heterocycles. The summed E-state index contributed by atoms with van der Waals surface area (Å²) in [7, 11) is 1.52. The van der Waals surface area contributed by atoms with Gasteiger partial charge < -0.3 is 5.32 Å². The highest BCUT2D eigenvalue weighted by atomic mass is 19.3. The molecule has 0 spiro atoms. The molecule has 0 aromatic heterocycles. The van der Waals surface area contributed by atoms with E-state index >= 15 is 0 Å². The second-order valence-corrected chi connectivity index (χ2v) is 2.27. The van der Waals surface area contributed by atoms with Gasteiger partial charge in [-0.15, -0.1) is 0 Å². The summed E-state index contributed by atoms with van der Waals surface area (Å²) in [6.07, 6.45) is -2.30. The SMILES string of the molecule is CNC(C)(C)C(F)F. The molecule has 0 fully saturated rings. The number of nitrogens with one attached hydrogen (secondary N) is 1. The van der Waals surface area contributed by atoms with E-state index in [1.165, 1.54) is 20.9 Å². The van der Waals surface area contributed by atoms with Crippen LogP contribution in [0.15, 0.2) is 0 Å². The lowest BCUT2D eigenvalue weighted by Gasteiger charge is -2.21. The lowest BCUT2D eigenvalue weighted by Crippen LogP contribution is -2.43. The number of halogens is 2. The normalized spacial score (nSPS) is 12.8. The van der Waals surface area contributed by atoms with Crippen molar-refractivity contribution in [3.63, 3.8) is 0 Å². The van der Waals surface area contributed by atoms with Crippen molar-refractivity contribution in [1.29, 1.82) is 0 Å². The second-order valence-electron chi connectivity index (χ2n) is 2.27. The molecule has 0 aromatic rings. The van der Waals surface area contributed by atoms with Crippen LogP contribution >= 0.6 is 0 Å². The van der Waals surface area contributed by atoms with Gasteiger partial charge in [-0.05, 0) is 20.9 Å². The van der Waals surface area contributed by atoms with Crippen LogP contribution in [0.25, 0.3) is 0 Å². The molecule has 0 aliphatic carbocycles. The zero-order valence-electron chi connectivity index (χ0n) is 5.33. The van der Waals surface area contributed by atoms with Crippen LogP contribution in [0.4, 0.5) is 8.78 Å². The van der Waals surface area contributed by atoms with Crippen LogP contribution < -0.4 is 5.32 Å². The Hall–Kier alpha value is -0.180. The molecule has 0 unspecified atom stereocenters. The van der Waals surface area contributed by atoms with E-state index in [9.17, 15) is 8.78 Å². The summed E-state index contributed by atoms with van der Waals surface area (Å²) in [5.41, 5.74) is -1.04. The molecule has 0 saturated heterocycles. The third-order valence-corrected chi connectivity index (χ3v) is 1.19. The molecular formula is C5H11F2N. The van der Waals surface area contributed by atoms with E-state index < -0.39 is 12.0 Å². The van der Waals surface area contributed by atoms with E-state index in [0.717, 1.165) is 0 Å². The molecule has 0 bridgehead atoms. The molecule has 50 valence electrons. The van der Waals surface area contributed by atoms with E-state index in [0.29, 0.717) is 0 Å². The second kappa shape index (κ2) is 2.40. The summed E-state index contributed by atoms with van der Waals surface area (Å²) in [6.45, 7) is 2.91. The average Bonchev–Trinajstić information content (AvgIpc) is 1.67. The first-order valence-corrected chi connectivity index (χ1v) is 2.48. The zero-order valence-corrected chi connectivity index (χ0v) is 5.33. The maximum absolute atomic E-state index is 11.8. The quantitative estimate of drug-likeness (QED) is 0.582. The van der Waals surface area contributed by atoms with Crippen molar-refractivity contribution in [3.8, 4) is 0 Å². The summed E-state index contributed by atoms with van der Waals surface area (Å²) in [5.74, 6) is 0. The van der Waals surface area contributed by atoms with E-state index in [4.69, 9.17) is 0 Å². The summed E-state index contributed by atoms with van der Waals surface area (Å²) < 4.78 is 23.5. The van der Waals surface area contributed by atoms with Crippen LogP contribution in [0.1, 0.15) is 13.8 Å². The molecule has 8 heavy (non-hydrogen) atoms. The highest BCUT2D eigenvalue weighted by Gasteiger charge is 2.26. The smallest absolute Gasteiger partial charge is 0.255 e. The van der Waals surface area contributed by atoms with Gasteiger partial charge in [0, 0.05) is 0 Å². The lowest BCUT2D eigenvalue weighted by atomic mass is 10.1. The number of hydrogen-bond acceptors (Lipinski definition) is 1. The van der Waals surface area contributed by atoms with E-state index in [-0.39, 0.29) is 0 Å². The fourth-order valence-corrected chi connectivity index (χ4v) is 0.109. The minimum atomic E-state index is -2.30. The van der Waals surface area contributed by atoms with E-state index in [1.54, 1.807) is 0 Å². The molecule has 0 aromatic carbocycles. The highest BCUT2D eigenvalue weighted by Crippen LogP contribution is 2.12. The van der Waals surface area contributed by atoms with Gasteiger partial charge in [0.05, 0.1) is 5.54 Å². The monoisotopic (exact) mass is 123 g/mol. The van der Waals surface area contributed by atoms with E-state index in [2.05, 4.69) is 5.32 Å². The van der Waals surface area contributed by atoms with Crippen molar-refractivity contribution in [1.82, 2.24) is 5.32 Å². The van der Waals surface area contributed by atoms with Gasteiger partial charge in [0.2, 0.25) is 0 Å². The summed E-state index contributed by atoms with van der Waals surface area (Å²) in [4.78, 5) is 0. The van der Waals surface area contributed by atoms with Gasteiger partial charge in [-0.3, -0.25) is 0 Å². The van der Waals surface area contributed by atoms with Gasteiger partial charge >= 0.3 is 0 Å². The molecule has 0 rings (SSSR count). The molecule has 0 amide bonds. The Morgan fingerprint density at radius 1 is 1.38 bits per heavy atom. The molecule has 0 aliphatic rings. The first-order chi connectivity index (χ1) is 3.50. The Morgan fingerprint density at radius 2 is 1.75 bits per heavy atom. The highest BCUT2D eigenvalue weighted by molar-refractivity contribution is 4.77. The summed E-state index contributed by atoms with van der Waals surface area (Å²) in [6, 6.07) is 0. The summed E-state index contributed by atoms with van der Waals surface area (Å²) in [5, 5.41) is 2.49. The van der Waals surface area contributed by atoms with Gasteiger partial charge in [-0.1, -0.05) is 0 Å². The van der Waals surface area contributed by atoms with Crippen molar-refractivity contribution in [2.24, 2.45) is 0 Å². The Labute approximate surface area is 48.1 Å². The molecule has 0 atom stereocenters. The Kier molecular flexibility index (Phi) is 2.34. The molecule has 0 saturated carbocycles. The number of hydrogen-bond donors (Lipinski definition) is 1. The largest absolute Gasteiger partial charge is 0.310 e. The molecule has 1 nitrogen and oxygen atoms in total.